The average molecular weight is 609 g/mol. The van der Waals surface area contributed by atoms with Crippen molar-refractivity contribution < 1.29 is 37.0 Å². The Kier molecular flexibility index (Phi) is 11.8. The van der Waals surface area contributed by atoms with Gasteiger partial charge in [0.15, 0.2) is 15.0 Å². The number of methoxy groups -OCH3 is 1. The molecular weight excluding hydrogens is 577 g/mol. The van der Waals surface area contributed by atoms with Crippen LogP contribution in [0.5, 0.6) is 17.2 Å². The number of amides is 1. The number of thioether (sulfide) groups is 1. The molecule has 3 rings (SSSR count). The SMILES string of the molecule is CCOC(=O)CCSCc1csc(NC(=O)c2cc(Oc3ccc(S(C)(=O)=O)cc3)cc(O[C@@H](C)COC)c2)n1. The molecule has 1 atom stereocenters. The van der Waals surface area contributed by atoms with Crippen molar-refractivity contribution in [1.29, 1.82) is 0 Å². The summed E-state index contributed by atoms with van der Waals surface area (Å²) >= 11 is 2.86. The predicted octanol–water partition coefficient (Wildman–Crippen LogP) is 5.19. The van der Waals surface area contributed by atoms with E-state index in [9.17, 15) is 18.0 Å². The number of hydrogen-bond acceptors (Lipinski definition) is 11. The monoisotopic (exact) mass is 608 g/mol. The van der Waals surface area contributed by atoms with E-state index in [0.717, 1.165) is 11.9 Å². The number of benzene rings is 2. The molecule has 13 heteroatoms. The van der Waals surface area contributed by atoms with Crippen LogP contribution in [0.25, 0.3) is 0 Å². The maximum Gasteiger partial charge on any atom is 0.306 e. The molecule has 1 amide bonds. The first-order valence-corrected chi connectivity index (χ1v) is 16.3. The number of rotatable bonds is 15. The van der Waals surface area contributed by atoms with E-state index in [1.54, 1.807) is 56.1 Å². The zero-order valence-corrected chi connectivity index (χ0v) is 25.1. The van der Waals surface area contributed by atoms with Crippen LogP contribution in [-0.2, 0) is 29.9 Å². The van der Waals surface area contributed by atoms with Crippen molar-refractivity contribution >= 4 is 49.9 Å². The second kappa shape index (κ2) is 15.0. The largest absolute Gasteiger partial charge is 0.488 e. The van der Waals surface area contributed by atoms with E-state index in [1.165, 1.54) is 23.5 Å². The lowest BCUT2D eigenvalue weighted by Gasteiger charge is -2.16. The van der Waals surface area contributed by atoms with Crippen molar-refractivity contribution in [3.05, 3.63) is 59.1 Å². The molecule has 1 N–H and O–H groups in total. The Morgan fingerprint density at radius 3 is 2.50 bits per heavy atom. The van der Waals surface area contributed by atoms with E-state index < -0.39 is 15.7 Å². The van der Waals surface area contributed by atoms with Crippen molar-refractivity contribution in [3.8, 4) is 17.2 Å². The lowest BCUT2D eigenvalue weighted by molar-refractivity contribution is -0.142. The summed E-state index contributed by atoms with van der Waals surface area (Å²) in [6.45, 7) is 4.32. The first kappa shape index (κ1) is 31.4. The topological polar surface area (TPSA) is 130 Å². The fourth-order valence-corrected chi connectivity index (χ4v) is 5.64. The molecule has 0 unspecified atom stereocenters. The second-order valence-corrected chi connectivity index (χ2v) is 12.6. The van der Waals surface area contributed by atoms with Crippen LogP contribution in [0.3, 0.4) is 0 Å². The van der Waals surface area contributed by atoms with Gasteiger partial charge < -0.3 is 18.9 Å². The second-order valence-electron chi connectivity index (χ2n) is 8.63. The van der Waals surface area contributed by atoms with Gasteiger partial charge in [-0.15, -0.1) is 11.3 Å². The van der Waals surface area contributed by atoms with Crippen LogP contribution >= 0.6 is 23.1 Å². The Bertz CT molecular complexity index is 1390. The highest BCUT2D eigenvalue weighted by Crippen LogP contribution is 2.30. The van der Waals surface area contributed by atoms with E-state index in [4.69, 9.17) is 18.9 Å². The van der Waals surface area contributed by atoms with Gasteiger partial charge in [0.25, 0.3) is 5.91 Å². The van der Waals surface area contributed by atoms with Crippen molar-refractivity contribution in [2.45, 2.75) is 37.0 Å². The van der Waals surface area contributed by atoms with E-state index in [1.807, 2.05) is 12.3 Å². The first-order valence-electron chi connectivity index (χ1n) is 12.3. The summed E-state index contributed by atoms with van der Waals surface area (Å²) in [4.78, 5) is 29.2. The molecule has 1 aromatic heterocycles. The van der Waals surface area contributed by atoms with Crippen molar-refractivity contribution in [2.75, 3.05) is 37.6 Å². The van der Waals surface area contributed by atoms with Gasteiger partial charge in [-0.25, -0.2) is 13.4 Å². The molecule has 40 heavy (non-hydrogen) atoms. The maximum atomic E-state index is 13.1. The number of anilines is 1. The van der Waals surface area contributed by atoms with Gasteiger partial charge in [-0.1, -0.05) is 0 Å². The van der Waals surface area contributed by atoms with Gasteiger partial charge in [-0.2, -0.15) is 11.8 Å². The quantitative estimate of drug-likeness (QED) is 0.182. The van der Waals surface area contributed by atoms with Gasteiger partial charge in [0.2, 0.25) is 0 Å². The van der Waals surface area contributed by atoms with E-state index in [-0.39, 0.29) is 22.5 Å². The number of nitrogens with one attached hydrogen (secondary N) is 1. The zero-order chi connectivity index (χ0) is 29.1. The molecule has 0 fully saturated rings. The van der Waals surface area contributed by atoms with E-state index in [0.29, 0.717) is 53.5 Å². The van der Waals surface area contributed by atoms with Gasteiger partial charge >= 0.3 is 5.97 Å². The van der Waals surface area contributed by atoms with Crippen molar-refractivity contribution in [2.24, 2.45) is 0 Å². The Balaban J connectivity index is 1.71. The molecule has 0 bridgehead atoms. The molecule has 216 valence electrons. The summed E-state index contributed by atoms with van der Waals surface area (Å²) < 4.78 is 45.4. The lowest BCUT2D eigenvalue weighted by Crippen LogP contribution is -2.18. The molecule has 0 saturated heterocycles. The average Bonchev–Trinajstić information content (AvgIpc) is 3.33. The molecule has 0 aliphatic carbocycles. The summed E-state index contributed by atoms with van der Waals surface area (Å²) in [6, 6.07) is 10.8. The molecule has 1 heterocycles. The standard InChI is InChI=1S/C27H32N2O8S3/c1-5-35-25(30)10-11-38-16-20-17-39-27(28-20)29-26(31)19-12-22(36-18(2)15-34-3)14-23(13-19)37-21-6-8-24(9-7-21)40(4,32)33/h6-9,12-14,17-18H,5,10-11,15-16H2,1-4H3,(H,28,29,31)/t18-/m0/s1. The number of carbonyl (C=O) groups excluding carboxylic acids is 2. The molecule has 0 radical (unpaired) electrons. The Morgan fingerprint density at radius 2 is 1.82 bits per heavy atom. The number of ether oxygens (including phenoxy) is 4. The van der Waals surface area contributed by atoms with Crippen molar-refractivity contribution in [1.82, 2.24) is 4.98 Å². The van der Waals surface area contributed by atoms with Gasteiger partial charge in [-0.3, -0.25) is 14.9 Å². The molecule has 10 nitrogen and oxygen atoms in total. The maximum absolute atomic E-state index is 13.1. The third-order valence-electron chi connectivity index (χ3n) is 5.15. The van der Waals surface area contributed by atoms with Crippen LogP contribution in [0.4, 0.5) is 5.13 Å². The van der Waals surface area contributed by atoms with E-state index in [2.05, 4.69) is 10.3 Å². The van der Waals surface area contributed by atoms with Crippen LogP contribution in [0.2, 0.25) is 0 Å². The number of esters is 1. The van der Waals surface area contributed by atoms with Gasteiger partial charge in [0.1, 0.15) is 23.4 Å². The minimum absolute atomic E-state index is 0.172. The number of aromatic nitrogens is 1. The summed E-state index contributed by atoms with van der Waals surface area (Å²) in [5.41, 5.74) is 1.08. The minimum Gasteiger partial charge on any atom is -0.488 e. The predicted molar refractivity (Wildman–Crippen MR) is 156 cm³/mol. The highest BCUT2D eigenvalue weighted by atomic mass is 32.2. The van der Waals surface area contributed by atoms with E-state index >= 15 is 0 Å². The van der Waals surface area contributed by atoms with Crippen molar-refractivity contribution in [3.63, 3.8) is 0 Å². The molecule has 0 aliphatic heterocycles. The molecule has 3 aromatic rings. The normalized spacial score (nSPS) is 12.0. The third-order valence-corrected chi connectivity index (χ3v) is 8.07. The number of sulfone groups is 1. The van der Waals surface area contributed by atoms with Gasteiger partial charge in [0, 0.05) is 41.9 Å². The zero-order valence-electron chi connectivity index (χ0n) is 22.7. The van der Waals surface area contributed by atoms with Gasteiger partial charge in [-0.05, 0) is 50.2 Å². The molecule has 0 aliphatic rings. The number of nitrogens with zero attached hydrogens (tertiary/aromatic N) is 1. The summed E-state index contributed by atoms with van der Waals surface area (Å²) in [6.07, 6.45) is 1.18. The summed E-state index contributed by atoms with van der Waals surface area (Å²) in [7, 11) is -1.77. The van der Waals surface area contributed by atoms with Crippen LogP contribution in [0.1, 0.15) is 36.3 Å². The Hall–Kier alpha value is -3.13. The highest BCUT2D eigenvalue weighted by Gasteiger charge is 2.15. The molecule has 0 spiro atoms. The fourth-order valence-electron chi connectivity index (χ4n) is 3.39. The molecule has 0 saturated carbocycles. The minimum atomic E-state index is -3.34. The number of hydrogen-bond donors (Lipinski definition) is 1. The van der Waals surface area contributed by atoms with Gasteiger partial charge in [0.05, 0.1) is 30.2 Å². The summed E-state index contributed by atoms with van der Waals surface area (Å²) in [5, 5.41) is 5.10. The fraction of sp³-hybridized carbons (Fsp3) is 0.370. The highest BCUT2D eigenvalue weighted by molar-refractivity contribution is 7.98. The molecule has 2 aromatic carbocycles. The number of thiazole rings is 1. The Labute approximate surface area is 242 Å². The third kappa shape index (κ3) is 10.1. The smallest absolute Gasteiger partial charge is 0.306 e. The van der Waals surface area contributed by atoms with Crippen LogP contribution in [0.15, 0.2) is 52.7 Å². The Morgan fingerprint density at radius 1 is 1.10 bits per heavy atom. The summed E-state index contributed by atoms with van der Waals surface area (Å²) in [5.74, 6) is 1.71. The van der Waals surface area contributed by atoms with Crippen LogP contribution in [-0.4, -0.2) is 63.7 Å². The lowest BCUT2D eigenvalue weighted by atomic mass is 10.2. The first-order chi connectivity index (χ1) is 19.1. The number of carbonyl (C=O) groups is 2. The molecular formula is C27H32N2O8S3. The van der Waals surface area contributed by atoms with Crippen LogP contribution in [0, 0.1) is 0 Å². The van der Waals surface area contributed by atoms with Crippen LogP contribution < -0.4 is 14.8 Å².